The van der Waals surface area contributed by atoms with Gasteiger partial charge in [0.05, 0.1) is 5.69 Å². The third-order valence-electron chi connectivity index (χ3n) is 17.4. The summed E-state index contributed by atoms with van der Waals surface area (Å²) in [6.07, 6.45) is 5.92. The fourth-order valence-electron chi connectivity index (χ4n) is 13.8. The van der Waals surface area contributed by atoms with Crippen LogP contribution in [-0.2, 0) is 32.5 Å². The normalized spacial score (nSPS) is 20.9. The summed E-state index contributed by atoms with van der Waals surface area (Å²) in [5.41, 5.74) is 23.1. The Balaban J connectivity index is 1.23. The van der Waals surface area contributed by atoms with Crippen molar-refractivity contribution in [1.82, 2.24) is 0 Å². The lowest BCUT2D eigenvalue weighted by molar-refractivity contribution is 0.332. The molecule has 0 unspecified atom stereocenters. The summed E-state index contributed by atoms with van der Waals surface area (Å²) in [4.78, 5) is 5.44. The molecule has 7 aromatic rings. The zero-order valence-corrected chi connectivity index (χ0v) is 41.5. The summed E-state index contributed by atoms with van der Waals surface area (Å²) < 4.78 is 2.69. The van der Waals surface area contributed by atoms with Crippen LogP contribution >= 0.6 is 11.3 Å². The van der Waals surface area contributed by atoms with Gasteiger partial charge in [-0.2, -0.15) is 0 Å². The first-order valence-corrected chi connectivity index (χ1v) is 25.1. The Morgan fingerprint density at radius 2 is 0.938 bits per heavy atom. The summed E-state index contributed by atoms with van der Waals surface area (Å²) in [6, 6.07) is 39.5. The van der Waals surface area contributed by atoms with Crippen LogP contribution in [-0.4, -0.2) is 6.71 Å². The highest BCUT2D eigenvalue weighted by Gasteiger charge is 2.50. The summed E-state index contributed by atoms with van der Waals surface area (Å²) in [5, 5.41) is 2.70. The van der Waals surface area contributed by atoms with Crippen molar-refractivity contribution in [1.29, 1.82) is 0 Å². The third-order valence-corrected chi connectivity index (χ3v) is 18.5. The first-order valence-electron chi connectivity index (χ1n) is 24.3. The highest BCUT2D eigenvalue weighted by Crippen LogP contribution is 2.56. The van der Waals surface area contributed by atoms with Gasteiger partial charge in [0.15, 0.2) is 0 Å². The molecule has 5 aliphatic rings. The number of nitrogens with zero attached hydrogens (tertiary/aromatic N) is 2. The molecule has 2 aliphatic heterocycles. The molecule has 0 radical (unpaired) electrons. The Hall–Kier alpha value is -4.80. The second-order valence-electron chi connectivity index (χ2n) is 24.7. The molecule has 0 atom stereocenters. The molecule has 2 nitrogen and oxygen atoms in total. The van der Waals surface area contributed by atoms with E-state index in [1.807, 2.05) is 11.3 Å². The molecular weight excluding hydrogens is 792 g/mol. The van der Waals surface area contributed by atoms with Crippen LogP contribution < -0.4 is 26.2 Å². The van der Waals surface area contributed by atoms with Crippen LogP contribution in [0.25, 0.3) is 20.2 Å². The Kier molecular flexibility index (Phi) is 8.11. The van der Waals surface area contributed by atoms with Crippen LogP contribution in [0, 0.1) is 6.92 Å². The molecule has 6 aromatic carbocycles. The van der Waals surface area contributed by atoms with E-state index in [9.17, 15) is 0 Å². The number of hydrogen-bond acceptors (Lipinski definition) is 3. The quantitative estimate of drug-likeness (QED) is 0.160. The van der Waals surface area contributed by atoms with E-state index < -0.39 is 0 Å². The Morgan fingerprint density at radius 3 is 1.58 bits per heavy atom. The van der Waals surface area contributed by atoms with Crippen molar-refractivity contribution in [3.63, 3.8) is 0 Å². The molecule has 3 heterocycles. The zero-order chi connectivity index (χ0) is 44.8. The molecule has 0 amide bonds. The average molecular weight is 857 g/mol. The minimum atomic E-state index is 0.0666. The summed E-state index contributed by atoms with van der Waals surface area (Å²) in [6.45, 7) is 32.2. The van der Waals surface area contributed by atoms with Crippen LogP contribution in [0.1, 0.15) is 154 Å². The third kappa shape index (κ3) is 5.50. The molecular formula is C60H65BN2S. The van der Waals surface area contributed by atoms with Gasteiger partial charge in [-0.25, -0.2) is 0 Å². The molecule has 12 rings (SSSR count). The van der Waals surface area contributed by atoms with E-state index in [0.29, 0.717) is 0 Å². The highest BCUT2D eigenvalue weighted by atomic mass is 32.1. The number of hydrogen-bond donors (Lipinski definition) is 0. The first kappa shape index (κ1) is 40.7. The molecule has 3 aliphatic carbocycles. The minimum absolute atomic E-state index is 0.0666. The zero-order valence-electron chi connectivity index (χ0n) is 40.7. The smallest absolute Gasteiger partial charge is 0.252 e. The van der Waals surface area contributed by atoms with Gasteiger partial charge in [-0.15, -0.1) is 11.3 Å². The van der Waals surface area contributed by atoms with Crippen molar-refractivity contribution in [3.05, 3.63) is 136 Å². The number of anilines is 6. The van der Waals surface area contributed by atoms with E-state index >= 15 is 0 Å². The maximum atomic E-state index is 2.72. The molecule has 0 fully saturated rings. The molecule has 0 spiro atoms. The van der Waals surface area contributed by atoms with Crippen LogP contribution in [0.4, 0.5) is 34.1 Å². The maximum absolute atomic E-state index is 2.72. The Bertz CT molecular complexity index is 3190. The number of benzene rings is 6. The number of fused-ring (bicyclic) bond motifs is 10. The van der Waals surface area contributed by atoms with Gasteiger partial charge in [-0.1, -0.05) is 126 Å². The summed E-state index contributed by atoms with van der Waals surface area (Å²) in [5.74, 6) is 0. The predicted molar refractivity (Wildman–Crippen MR) is 279 cm³/mol. The van der Waals surface area contributed by atoms with Crippen molar-refractivity contribution in [2.24, 2.45) is 0 Å². The molecule has 324 valence electrons. The fourth-order valence-corrected chi connectivity index (χ4v) is 15.0. The monoisotopic (exact) mass is 856 g/mol. The highest BCUT2D eigenvalue weighted by molar-refractivity contribution is 7.26. The molecule has 64 heavy (non-hydrogen) atoms. The van der Waals surface area contributed by atoms with E-state index in [1.165, 1.54) is 135 Å². The lowest BCUT2D eigenvalue weighted by atomic mass is 9.33. The van der Waals surface area contributed by atoms with Gasteiger partial charge in [-0.3, -0.25) is 0 Å². The van der Waals surface area contributed by atoms with E-state index in [2.05, 4.69) is 197 Å². The molecule has 4 heteroatoms. The van der Waals surface area contributed by atoms with Crippen molar-refractivity contribution < 1.29 is 0 Å². The largest absolute Gasteiger partial charge is 0.311 e. The van der Waals surface area contributed by atoms with E-state index in [1.54, 1.807) is 0 Å². The fraction of sp³-hybridized carbons (Fsp3) is 0.400. The van der Waals surface area contributed by atoms with Gasteiger partial charge in [-0.05, 0) is 181 Å². The van der Waals surface area contributed by atoms with Crippen molar-refractivity contribution in [2.75, 3.05) is 9.80 Å². The Labute approximate surface area is 387 Å². The topological polar surface area (TPSA) is 6.48 Å². The Morgan fingerprint density at radius 1 is 0.438 bits per heavy atom. The van der Waals surface area contributed by atoms with Crippen molar-refractivity contribution >= 4 is 88.7 Å². The van der Waals surface area contributed by atoms with E-state index in [4.69, 9.17) is 0 Å². The van der Waals surface area contributed by atoms with Crippen LogP contribution in [0.5, 0.6) is 0 Å². The number of thiophene rings is 1. The van der Waals surface area contributed by atoms with E-state index in [-0.39, 0.29) is 39.2 Å². The SMILES string of the molecule is Cc1cc2c3c(c1)N(c1cccc4sc5ccccc5c14)c1cc4c(cc1B3c1cc3c(cc1N2c1ccc2c(c1)C(C)(C)CCC2(C)C)C(C)(C)CC3(C)C)C(C)(C)CCC4(C)C. The lowest BCUT2D eigenvalue weighted by Crippen LogP contribution is -2.62. The predicted octanol–water partition coefficient (Wildman–Crippen LogP) is 15.1. The average Bonchev–Trinajstić information content (AvgIpc) is 3.70. The van der Waals surface area contributed by atoms with Gasteiger partial charge >= 0.3 is 0 Å². The number of rotatable bonds is 2. The van der Waals surface area contributed by atoms with Gasteiger partial charge in [0, 0.05) is 48.6 Å². The molecule has 0 saturated carbocycles. The van der Waals surface area contributed by atoms with Crippen molar-refractivity contribution in [3.8, 4) is 0 Å². The van der Waals surface area contributed by atoms with Crippen LogP contribution in [0.2, 0.25) is 0 Å². The van der Waals surface area contributed by atoms with Crippen LogP contribution in [0.15, 0.2) is 97.1 Å². The second kappa shape index (κ2) is 12.8. The maximum Gasteiger partial charge on any atom is 0.252 e. The summed E-state index contributed by atoms with van der Waals surface area (Å²) >= 11 is 1.92. The summed E-state index contributed by atoms with van der Waals surface area (Å²) in [7, 11) is 0. The van der Waals surface area contributed by atoms with E-state index in [0.717, 1.165) is 6.42 Å². The first-order chi connectivity index (χ1) is 30.1. The van der Waals surface area contributed by atoms with Gasteiger partial charge < -0.3 is 9.80 Å². The molecule has 0 N–H and O–H groups in total. The van der Waals surface area contributed by atoms with Gasteiger partial charge in [0.25, 0.3) is 6.71 Å². The molecule has 0 saturated heterocycles. The van der Waals surface area contributed by atoms with Gasteiger partial charge in [0.2, 0.25) is 0 Å². The lowest BCUT2D eigenvalue weighted by Gasteiger charge is -2.48. The van der Waals surface area contributed by atoms with Crippen LogP contribution in [0.3, 0.4) is 0 Å². The standard InChI is InChI=1S/C60H65BN2S/c1-35-27-49-54-50(28-35)63(46-18-16-20-52-53(46)37-17-14-15-19-51(37)64-52)48-32-42-40(57(6,7)25-26-58(42,8)9)30-45(48)61(54)44-31-41-43(60(12,13)34-59(41,10)11)33-47(44)62(49)36-21-22-38-39(29-36)56(4,5)24-23-55(38,2)3/h14-22,27-33H,23-26,34H2,1-13H3. The van der Waals surface area contributed by atoms with Gasteiger partial charge in [0.1, 0.15) is 0 Å². The minimum Gasteiger partial charge on any atom is -0.311 e. The number of aryl methyl sites for hydroxylation is 1. The second-order valence-corrected chi connectivity index (χ2v) is 25.8. The molecule has 1 aromatic heterocycles. The van der Waals surface area contributed by atoms with Crippen molar-refractivity contribution in [2.45, 2.75) is 155 Å². The molecule has 0 bridgehead atoms.